The predicted octanol–water partition coefficient (Wildman–Crippen LogP) is 3.45. The van der Waals surface area contributed by atoms with Crippen molar-refractivity contribution in [2.45, 2.75) is 19.0 Å². The number of rotatable bonds is 5. The van der Waals surface area contributed by atoms with Gasteiger partial charge in [0.15, 0.2) is 0 Å². The summed E-state index contributed by atoms with van der Waals surface area (Å²) in [5, 5.41) is 9.11. The fourth-order valence-electron chi connectivity index (χ4n) is 3.80. The molecular weight excluding hydrogens is 352 g/mol. The molecule has 1 aliphatic rings. The molecule has 0 saturated heterocycles. The molecule has 0 spiro atoms. The van der Waals surface area contributed by atoms with Crippen molar-refractivity contribution in [3.63, 3.8) is 0 Å². The number of fused-ring (bicyclic) bond motifs is 1. The van der Waals surface area contributed by atoms with Crippen molar-refractivity contribution >= 4 is 0 Å². The highest BCUT2D eigenvalue weighted by atomic mass is 16.5. The zero-order chi connectivity index (χ0) is 19.5. The van der Waals surface area contributed by atoms with Gasteiger partial charge in [-0.2, -0.15) is 5.26 Å². The first-order valence-electron chi connectivity index (χ1n) is 9.20. The van der Waals surface area contributed by atoms with Gasteiger partial charge in [0, 0.05) is 31.3 Å². The van der Waals surface area contributed by atoms with Gasteiger partial charge in [-0.3, -0.25) is 4.90 Å². The van der Waals surface area contributed by atoms with Gasteiger partial charge >= 0.3 is 0 Å². The third-order valence-electron chi connectivity index (χ3n) is 5.18. The lowest BCUT2D eigenvalue weighted by Gasteiger charge is -2.35. The minimum Gasteiger partial charge on any atom is -0.497 e. The Hall–Kier alpha value is -3.30. The maximum Gasteiger partial charge on any atom is 0.122 e. The largest absolute Gasteiger partial charge is 0.497 e. The maximum absolute atomic E-state index is 9.11. The van der Waals surface area contributed by atoms with Gasteiger partial charge in [-0.1, -0.05) is 12.1 Å². The Labute approximate surface area is 164 Å². The number of methoxy groups -OCH3 is 2. The number of hydrogen-bond donors (Lipinski definition) is 1. The lowest BCUT2D eigenvalue weighted by molar-refractivity contribution is 0.200. The summed E-state index contributed by atoms with van der Waals surface area (Å²) in [7, 11) is 3.32. The fraction of sp³-hybridized carbons (Fsp3) is 0.273. The van der Waals surface area contributed by atoms with Crippen LogP contribution in [0.2, 0.25) is 0 Å². The van der Waals surface area contributed by atoms with Gasteiger partial charge in [-0.15, -0.1) is 0 Å². The quantitative estimate of drug-likeness (QED) is 0.740. The van der Waals surface area contributed by atoms with E-state index in [1.807, 2.05) is 42.5 Å². The van der Waals surface area contributed by atoms with Gasteiger partial charge < -0.3 is 14.5 Å². The molecule has 4 rings (SSSR count). The summed E-state index contributed by atoms with van der Waals surface area (Å²) >= 11 is 0. The van der Waals surface area contributed by atoms with Crippen molar-refractivity contribution in [3.05, 3.63) is 76.9 Å². The van der Waals surface area contributed by atoms with Crippen molar-refractivity contribution in [3.8, 4) is 17.6 Å². The molecule has 1 N–H and O–H groups in total. The number of benzene rings is 2. The minimum atomic E-state index is 0.0277. The molecule has 0 amide bonds. The van der Waals surface area contributed by atoms with Crippen LogP contribution in [0.25, 0.3) is 0 Å². The Kier molecular flexibility index (Phi) is 5.00. The average molecular weight is 374 g/mol. The van der Waals surface area contributed by atoms with Crippen LogP contribution in [-0.4, -0.2) is 35.6 Å². The molecule has 1 atom stereocenters. The molecule has 0 fully saturated rings. The first kappa shape index (κ1) is 18.1. The molecule has 6 nitrogen and oxygen atoms in total. The standard InChI is InChI=1S/C22H22N4O2/c1-27-18-9-16(10-19(11-18)28-2)13-26-8-7-20-21(25-14-24-20)22(26)17-5-3-15(12-23)4-6-17/h3-6,9-11,14,22H,7-8,13H2,1-2H3,(H,24,25)/t22-/m1/s1. The van der Waals surface area contributed by atoms with Crippen LogP contribution in [-0.2, 0) is 13.0 Å². The van der Waals surface area contributed by atoms with Gasteiger partial charge in [-0.25, -0.2) is 4.98 Å². The normalized spacial score (nSPS) is 16.2. The van der Waals surface area contributed by atoms with Gasteiger partial charge in [0.1, 0.15) is 11.5 Å². The molecule has 1 aromatic heterocycles. The molecule has 0 unspecified atom stereocenters. The topological polar surface area (TPSA) is 74.2 Å². The van der Waals surface area contributed by atoms with Crippen LogP contribution in [0.15, 0.2) is 48.8 Å². The summed E-state index contributed by atoms with van der Waals surface area (Å²) in [6.07, 6.45) is 2.68. The summed E-state index contributed by atoms with van der Waals surface area (Å²) in [6, 6.07) is 15.9. The molecule has 2 aromatic carbocycles. The van der Waals surface area contributed by atoms with E-state index >= 15 is 0 Å². The summed E-state index contributed by atoms with van der Waals surface area (Å²) in [6.45, 7) is 1.64. The molecule has 2 heterocycles. The summed E-state index contributed by atoms with van der Waals surface area (Å²) in [5.41, 5.74) is 5.13. The van der Waals surface area contributed by atoms with Gasteiger partial charge in [-0.05, 0) is 35.4 Å². The van der Waals surface area contributed by atoms with E-state index in [-0.39, 0.29) is 6.04 Å². The lowest BCUT2D eigenvalue weighted by atomic mass is 9.94. The second-order valence-corrected chi connectivity index (χ2v) is 6.84. The number of ether oxygens (including phenoxy) is 2. The molecule has 0 radical (unpaired) electrons. The first-order chi connectivity index (χ1) is 13.7. The highest BCUT2D eigenvalue weighted by molar-refractivity contribution is 5.40. The molecule has 0 aliphatic carbocycles. The Morgan fingerprint density at radius 1 is 1.14 bits per heavy atom. The Morgan fingerprint density at radius 3 is 2.50 bits per heavy atom. The van der Waals surface area contributed by atoms with Crippen molar-refractivity contribution in [1.82, 2.24) is 14.9 Å². The number of imidazole rings is 1. The summed E-state index contributed by atoms with van der Waals surface area (Å²) in [5.74, 6) is 1.56. The van der Waals surface area contributed by atoms with E-state index in [4.69, 9.17) is 14.7 Å². The maximum atomic E-state index is 9.11. The lowest BCUT2D eigenvalue weighted by Crippen LogP contribution is -2.35. The van der Waals surface area contributed by atoms with Crippen LogP contribution in [0.3, 0.4) is 0 Å². The highest BCUT2D eigenvalue weighted by Crippen LogP contribution is 2.35. The van der Waals surface area contributed by atoms with E-state index in [1.165, 1.54) is 5.69 Å². The van der Waals surface area contributed by atoms with E-state index in [2.05, 4.69) is 20.9 Å². The van der Waals surface area contributed by atoms with E-state index in [0.717, 1.165) is 47.8 Å². The van der Waals surface area contributed by atoms with E-state index in [0.29, 0.717) is 5.56 Å². The monoisotopic (exact) mass is 374 g/mol. The average Bonchev–Trinajstić information content (AvgIpc) is 3.22. The first-order valence-corrected chi connectivity index (χ1v) is 9.20. The van der Waals surface area contributed by atoms with Gasteiger partial charge in [0.25, 0.3) is 0 Å². The highest BCUT2D eigenvalue weighted by Gasteiger charge is 2.31. The van der Waals surface area contributed by atoms with E-state index in [1.54, 1.807) is 20.5 Å². The smallest absolute Gasteiger partial charge is 0.122 e. The summed E-state index contributed by atoms with van der Waals surface area (Å²) in [4.78, 5) is 10.3. The van der Waals surface area contributed by atoms with E-state index < -0.39 is 0 Å². The van der Waals surface area contributed by atoms with Crippen molar-refractivity contribution in [2.75, 3.05) is 20.8 Å². The number of nitrogens with one attached hydrogen (secondary N) is 1. The minimum absolute atomic E-state index is 0.0277. The Bertz CT molecular complexity index is 982. The van der Waals surface area contributed by atoms with Crippen molar-refractivity contribution in [1.29, 1.82) is 5.26 Å². The molecule has 0 bridgehead atoms. The molecule has 1 aliphatic heterocycles. The number of hydrogen-bond acceptors (Lipinski definition) is 5. The zero-order valence-electron chi connectivity index (χ0n) is 16.0. The van der Waals surface area contributed by atoms with Crippen molar-refractivity contribution in [2.24, 2.45) is 0 Å². The Morgan fingerprint density at radius 2 is 1.86 bits per heavy atom. The third kappa shape index (κ3) is 3.45. The molecule has 0 saturated carbocycles. The van der Waals surface area contributed by atoms with Gasteiger partial charge in [0.05, 0.1) is 43.9 Å². The number of nitrogens with zero attached hydrogens (tertiary/aromatic N) is 3. The van der Waals surface area contributed by atoms with Crippen molar-refractivity contribution < 1.29 is 9.47 Å². The molecule has 142 valence electrons. The van der Waals surface area contributed by atoms with Crippen LogP contribution >= 0.6 is 0 Å². The molecule has 6 heteroatoms. The van der Waals surface area contributed by atoms with Gasteiger partial charge in [0.2, 0.25) is 0 Å². The zero-order valence-corrected chi connectivity index (χ0v) is 16.0. The van der Waals surface area contributed by atoms with Crippen LogP contribution in [0.1, 0.15) is 34.1 Å². The molecule has 3 aromatic rings. The fourth-order valence-corrected chi connectivity index (χ4v) is 3.80. The Balaban J connectivity index is 1.70. The predicted molar refractivity (Wildman–Crippen MR) is 105 cm³/mol. The number of aromatic nitrogens is 2. The number of H-pyrrole nitrogens is 1. The second kappa shape index (κ2) is 7.75. The van der Waals surface area contributed by atoms with E-state index in [9.17, 15) is 0 Å². The summed E-state index contributed by atoms with van der Waals surface area (Å²) < 4.78 is 10.8. The SMILES string of the molecule is COc1cc(CN2CCc3[nH]cnc3[C@H]2c2ccc(C#N)cc2)cc(OC)c1. The molecular formula is C22H22N4O2. The van der Waals surface area contributed by atoms with Crippen LogP contribution in [0, 0.1) is 11.3 Å². The van der Waals surface area contributed by atoms with Crippen LogP contribution in [0.4, 0.5) is 0 Å². The molecule has 28 heavy (non-hydrogen) atoms. The number of aromatic amines is 1. The van der Waals surface area contributed by atoms with Crippen LogP contribution in [0.5, 0.6) is 11.5 Å². The van der Waals surface area contributed by atoms with Crippen LogP contribution < -0.4 is 9.47 Å². The number of nitriles is 1. The second-order valence-electron chi connectivity index (χ2n) is 6.84. The third-order valence-corrected chi connectivity index (χ3v) is 5.18.